The summed E-state index contributed by atoms with van der Waals surface area (Å²) in [5.41, 5.74) is 5.52. The maximum Gasteiger partial charge on any atom is 0.265 e. The number of nitrogens with zero attached hydrogens (tertiary/aromatic N) is 1. The Balaban J connectivity index is 2.39. The first-order valence-corrected chi connectivity index (χ1v) is 7.19. The standard InChI is InChI=1S/C10H10FN3O2S2/c1-6-5-13-10(17-6)14-18(15,16)9-4-7(11)2-3-8(9)12/h2-5H,12H2,1H3,(H,13,14). The maximum absolute atomic E-state index is 13.1. The topological polar surface area (TPSA) is 85.1 Å². The predicted octanol–water partition coefficient (Wildman–Crippen LogP) is 1.97. The maximum atomic E-state index is 13.1. The van der Waals surface area contributed by atoms with Gasteiger partial charge in [0.25, 0.3) is 10.0 Å². The first-order valence-electron chi connectivity index (χ1n) is 4.89. The molecule has 8 heteroatoms. The van der Waals surface area contributed by atoms with Gasteiger partial charge in [-0.1, -0.05) is 0 Å². The van der Waals surface area contributed by atoms with Crippen molar-refractivity contribution in [3.63, 3.8) is 0 Å². The fourth-order valence-electron chi connectivity index (χ4n) is 1.31. The lowest BCUT2D eigenvalue weighted by molar-refractivity contribution is 0.596. The van der Waals surface area contributed by atoms with E-state index in [4.69, 9.17) is 5.73 Å². The molecule has 0 atom stereocenters. The van der Waals surface area contributed by atoms with E-state index in [9.17, 15) is 12.8 Å². The highest BCUT2D eigenvalue weighted by molar-refractivity contribution is 7.93. The van der Waals surface area contributed by atoms with Gasteiger partial charge in [0, 0.05) is 11.1 Å². The molecule has 5 nitrogen and oxygen atoms in total. The SMILES string of the molecule is Cc1cnc(NS(=O)(=O)c2cc(F)ccc2N)s1. The Kier molecular flexibility index (Phi) is 3.22. The molecule has 0 fully saturated rings. The monoisotopic (exact) mass is 287 g/mol. The first-order chi connectivity index (χ1) is 8.38. The van der Waals surface area contributed by atoms with Crippen LogP contribution in [0.15, 0.2) is 29.3 Å². The lowest BCUT2D eigenvalue weighted by atomic mass is 10.3. The van der Waals surface area contributed by atoms with Gasteiger partial charge in [-0.15, -0.1) is 11.3 Å². The van der Waals surface area contributed by atoms with Gasteiger partial charge < -0.3 is 5.73 Å². The van der Waals surface area contributed by atoms with Gasteiger partial charge in [0.2, 0.25) is 0 Å². The average Bonchev–Trinajstić information content (AvgIpc) is 2.66. The molecule has 0 amide bonds. The molecule has 3 N–H and O–H groups in total. The van der Waals surface area contributed by atoms with Gasteiger partial charge in [-0.25, -0.2) is 17.8 Å². The third-order valence-corrected chi connectivity index (χ3v) is 4.46. The highest BCUT2D eigenvalue weighted by atomic mass is 32.2. The summed E-state index contributed by atoms with van der Waals surface area (Å²) >= 11 is 1.18. The number of anilines is 2. The molecule has 0 bridgehead atoms. The molecule has 0 aliphatic carbocycles. The van der Waals surface area contributed by atoms with Crippen LogP contribution in [0.3, 0.4) is 0 Å². The van der Waals surface area contributed by atoms with E-state index >= 15 is 0 Å². The van der Waals surface area contributed by atoms with Gasteiger partial charge in [0.05, 0.1) is 5.69 Å². The molecule has 1 aromatic carbocycles. The fourth-order valence-corrected chi connectivity index (χ4v) is 3.36. The van der Waals surface area contributed by atoms with E-state index in [0.717, 1.165) is 17.0 Å². The van der Waals surface area contributed by atoms with E-state index in [-0.39, 0.29) is 15.7 Å². The number of sulfonamides is 1. The molecule has 0 aliphatic heterocycles. The second-order valence-electron chi connectivity index (χ2n) is 3.56. The minimum atomic E-state index is -3.92. The highest BCUT2D eigenvalue weighted by Gasteiger charge is 2.19. The van der Waals surface area contributed by atoms with E-state index in [1.54, 1.807) is 6.92 Å². The zero-order chi connectivity index (χ0) is 13.3. The van der Waals surface area contributed by atoms with Crippen LogP contribution in [-0.4, -0.2) is 13.4 Å². The van der Waals surface area contributed by atoms with Crippen molar-refractivity contribution in [3.8, 4) is 0 Å². The minimum absolute atomic E-state index is 0.0165. The summed E-state index contributed by atoms with van der Waals surface area (Å²) in [6.45, 7) is 1.80. The molecule has 2 aromatic rings. The molecule has 96 valence electrons. The quantitative estimate of drug-likeness (QED) is 0.845. The summed E-state index contributed by atoms with van der Waals surface area (Å²) in [7, 11) is -3.92. The molecule has 0 saturated carbocycles. The number of nitrogens with two attached hydrogens (primary N) is 1. The third-order valence-electron chi connectivity index (χ3n) is 2.11. The van der Waals surface area contributed by atoms with Crippen molar-refractivity contribution >= 4 is 32.2 Å². The summed E-state index contributed by atoms with van der Waals surface area (Å²) in [5.74, 6) is -0.667. The molecular weight excluding hydrogens is 277 g/mol. The summed E-state index contributed by atoms with van der Waals surface area (Å²) in [4.78, 5) is 4.44. The van der Waals surface area contributed by atoms with Crippen molar-refractivity contribution in [1.82, 2.24) is 4.98 Å². The number of aromatic nitrogens is 1. The lowest BCUT2D eigenvalue weighted by Crippen LogP contribution is -2.14. The number of halogens is 1. The van der Waals surface area contributed by atoms with Gasteiger partial charge in [-0.2, -0.15) is 0 Å². The zero-order valence-corrected chi connectivity index (χ0v) is 11.0. The van der Waals surface area contributed by atoms with Gasteiger partial charge >= 0.3 is 0 Å². The number of rotatable bonds is 3. The van der Waals surface area contributed by atoms with Crippen LogP contribution >= 0.6 is 11.3 Å². The Morgan fingerprint density at radius 1 is 1.44 bits per heavy atom. The molecule has 1 aromatic heterocycles. The lowest BCUT2D eigenvalue weighted by Gasteiger charge is -2.07. The van der Waals surface area contributed by atoms with Crippen LogP contribution in [0.2, 0.25) is 0 Å². The smallest absolute Gasteiger partial charge is 0.265 e. The first kappa shape index (κ1) is 12.8. The summed E-state index contributed by atoms with van der Waals surface area (Å²) < 4.78 is 39.3. The second-order valence-corrected chi connectivity index (χ2v) is 6.45. The van der Waals surface area contributed by atoms with Crippen molar-refractivity contribution in [2.75, 3.05) is 10.5 Å². The zero-order valence-electron chi connectivity index (χ0n) is 9.34. The number of benzene rings is 1. The van der Waals surface area contributed by atoms with E-state index in [1.807, 2.05) is 0 Å². The normalized spacial score (nSPS) is 11.4. The van der Waals surface area contributed by atoms with E-state index in [2.05, 4.69) is 9.71 Å². The molecule has 2 rings (SSSR count). The van der Waals surface area contributed by atoms with Crippen molar-refractivity contribution in [1.29, 1.82) is 0 Å². The molecular formula is C10H10FN3O2S2. The summed E-state index contributed by atoms with van der Waals surface area (Å²) in [6.07, 6.45) is 1.54. The molecule has 0 spiro atoms. The number of hydrogen-bond donors (Lipinski definition) is 2. The Bertz CT molecular complexity index is 682. The number of aryl methyl sites for hydroxylation is 1. The van der Waals surface area contributed by atoms with Crippen molar-refractivity contribution in [2.45, 2.75) is 11.8 Å². The Morgan fingerprint density at radius 3 is 2.78 bits per heavy atom. The van der Waals surface area contributed by atoms with Crippen molar-refractivity contribution in [3.05, 3.63) is 35.1 Å². The van der Waals surface area contributed by atoms with Crippen LogP contribution in [-0.2, 0) is 10.0 Å². The van der Waals surface area contributed by atoms with Gasteiger partial charge in [0.1, 0.15) is 10.7 Å². The number of thiazole rings is 1. The number of nitrogen functional groups attached to an aromatic ring is 1. The van der Waals surface area contributed by atoms with Gasteiger partial charge in [0.15, 0.2) is 5.13 Å². The number of nitrogens with one attached hydrogen (secondary N) is 1. The summed E-state index contributed by atoms with van der Waals surface area (Å²) in [6, 6.07) is 3.18. The van der Waals surface area contributed by atoms with Crippen LogP contribution in [0.5, 0.6) is 0 Å². The Hall–Kier alpha value is -1.67. The third kappa shape index (κ3) is 2.59. The number of hydrogen-bond acceptors (Lipinski definition) is 5. The minimum Gasteiger partial charge on any atom is -0.398 e. The Labute approximate surface area is 108 Å². The van der Waals surface area contributed by atoms with Crippen LogP contribution in [0, 0.1) is 12.7 Å². The predicted molar refractivity (Wildman–Crippen MR) is 68.5 cm³/mol. The van der Waals surface area contributed by atoms with Crippen molar-refractivity contribution < 1.29 is 12.8 Å². The van der Waals surface area contributed by atoms with Crippen molar-refractivity contribution in [2.24, 2.45) is 0 Å². The van der Waals surface area contributed by atoms with E-state index in [0.29, 0.717) is 0 Å². The van der Waals surface area contributed by atoms with E-state index in [1.165, 1.54) is 23.6 Å². The van der Waals surface area contributed by atoms with E-state index < -0.39 is 15.8 Å². The average molecular weight is 287 g/mol. The molecule has 1 heterocycles. The van der Waals surface area contributed by atoms with Gasteiger partial charge in [-0.3, -0.25) is 4.72 Å². The Morgan fingerprint density at radius 2 is 2.17 bits per heavy atom. The van der Waals surface area contributed by atoms with Gasteiger partial charge in [-0.05, 0) is 25.1 Å². The molecule has 0 saturated heterocycles. The van der Waals surface area contributed by atoms with Crippen LogP contribution < -0.4 is 10.5 Å². The molecule has 0 unspecified atom stereocenters. The highest BCUT2D eigenvalue weighted by Crippen LogP contribution is 2.24. The molecule has 0 aliphatic rings. The molecule has 0 radical (unpaired) electrons. The second kappa shape index (κ2) is 4.54. The van der Waals surface area contributed by atoms with Crippen LogP contribution in [0.1, 0.15) is 4.88 Å². The van der Waals surface area contributed by atoms with Crippen LogP contribution in [0.4, 0.5) is 15.2 Å². The molecule has 18 heavy (non-hydrogen) atoms. The summed E-state index contributed by atoms with van der Waals surface area (Å²) in [5, 5.41) is 0.219. The largest absolute Gasteiger partial charge is 0.398 e. The van der Waals surface area contributed by atoms with Crippen LogP contribution in [0.25, 0.3) is 0 Å². The fraction of sp³-hybridized carbons (Fsp3) is 0.100.